The van der Waals surface area contributed by atoms with Crippen molar-refractivity contribution in [1.29, 1.82) is 0 Å². The van der Waals surface area contributed by atoms with E-state index in [0.717, 1.165) is 17.3 Å². The maximum atomic E-state index is 12.5. The zero-order valence-electron chi connectivity index (χ0n) is 10.7. The first-order valence-corrected chi connectivity index (χ1v) is 7.41. The molecule has 1 aliphatic heterocycles. The van der Waals surface area contributed by atoms with Gasteiger partial charge in [0.15, 0.2) is 0 Å². The first kappa shape index (κ1) is 15.1. The van der Waals surface area contributed by atoms with Gasteiger partial charge in [-0.1, -0.05) is 32.7 Å². The molecule has 1 aromatic carbocycles. The highest BCUT2D eigenvalue weighted by Gasteiger charge is 2.27. The molecule has 1 unspecified atom stereocenters. The van der Waals surface area contributed by atoms with Crippen molar-refractivity contribution in [2.45, 2.75) is 12.8 Å². The number of nitrogens with zero attached hydrogens (tertiary/aromatic N) is 2. The minimum Gasteiger partial charge on any atom is -0.409 e. The third-order valence-corrected chi connectivity index (χ3v) is 4.22. The molecule has 1 atom stereocenters. The molecule has 1 fully saturated rings. The van der Waals surface area contributed by atoms with Gasteiger partial charge in [0.25, 0.3) is 5.91 Å². The lowest BCUT2D eigenvalue weighted by atomic mass is 9.96. The normalized spacial score (nSPS) is 20.0. The van der Waals surface area contributed by atoms with Gasteiger partial charge in [-0.3, -0.25) is 4.79 Å². The first-order valence-electron chi connectivity index (χ1n) is 6.24. The van der Waals surface area contributed by atoms with Crippen LogP contribution in [0, 0.1) is 5.92 Å². The lowest BCUT2D eigenvalue weighted by molar-refractivity contribution is 0.0701. The molecule has 5 nitrogen and oxygen atoms in total. The van der Waals surface area contributed by atoms with E-state index in [2.05, 4.69) is 21.1 Å². The van der Waals surface area contributed by atoms with Crippen molar-refractivity contribution >= 4 is 39.3 Å². The van der Waals surface area contributed by atoms with Gasteiger partial charge in [0, 0.05) is 23.5 Å². The second-order valence-electron chi connectivity index (χ2n) is 4.74. The van der Waals surface area contributed by atoms with Crippen LogP contribution < -0.4 is 5.73 Å². The SMILES string of the molecule is NC(=NO)C1CCCN(C(=O)c2cc(Br)ccc2Cl)C1. The Hall–Kier alpha value is -1.27. The second kappa shape index (κ2) is 6.45. The van der Waals surface area contributed by atoms with E-state index in [1.807, 2.05) is 0 Å². The van der Waals surface area contributed by atoms with Crippen LogP contribution in [-0.2, 0) is 0 Å². The third kappa shape index (κ3) is 3.24. The molecule has 0 spiro atoms. The molecule has 0 aliphatic carbocycles. The number of rotatable bonds is 2. The Morgan fingerprint density at radius 1 is 1.55 bits per heavy atom. The van der Waals surface area contributed by atoms with E-state index < -0.39 is 0 Å². The van der Waals surface area contributed by atoms with Gasteiger partial charge >= 0.3 is 0 Å². The van der Waals surface area contributed by atoms with Gasteiger partial charge in [-0.05, 0) is 31.0 Å². The summed E-state index contributed by atoms with van der Waals surface area (Å²) in [6.07, 6.45) is 1.63. The molecule has 20 heavy (non-hydrogen) atoms. The van der Waals surface area contributed by atoms with Crippen LogP contribution in [0.25, 0.3) is 0 Å². The molecule has 0 radical (unpaired) electrons. The van der Waals surface area contributed by atoms with Crippen molar-refractivity contribution < 1.29 is 10.0 Å². The highest BCUT2D eigenvalue weighted by atomic mass is 79.9. The Morgan fingerprint density at radius 2 is 2.30 bits per heavy atom. The average molecular weight is 361 g/mol. The summed E-state index contributed by atoms with van der Waals surface area (Å²) < 4.78 is 0.801. The number of hydrogen-bond donors (Lipinski definition) is 2. The predicted molar refractivity (Wildman–Crippen MR) is 81.2 cm³/mol. The number of amides is 1. The summed E-state index contributed by atoms with van der Waals surface area (Å²) in [5.74, 6) is -0.0711. The van der Waals surface area contributed by atoms with E-state index in [0.29, 0.717) is 23.7 Å². The second-order valence-corrected chi connectivity index (χ2v) is 6.06. The van der Waals surface area contributed by atoms with Gasteiger partial charge in [0.05, 0.1) is 10.6 Å². The maximum Gasteiger partial charge on any atom is 0.255 e. The van der Waals surface area contributed by atoms with Gasteiger partial charge in [0.2, 0.25) is 0 Å². The van der Waals surface area contributed by atoms with Crippen LogP contribution in [0.15, 0.2) is 27.8 Å². The number of halogens is 2. The number of carbonyl (C=O) groups excluding carboxylic acids is 1. The van der Waals surface area contributed by atoms with Crippen molar-refractivity contribution in [3.63, 3.8) is 0 Å². The molecule has 1 aliphatic rings. The molecule has 1 saturated heterocycles. The quantitative estimate of drug-likeness (QED) is 0.368. The first-order chi connectivity index (χ1) is 9.52. The van der Waals surface area contributed by atoms with E-state index in [1.165, 1.54) is 0 Å². The van der Waals surface area contributed by atoms with E-state index in [1.54, 1.807) is 23.1 Å². The third-order valence-electron chi connectivity index (χ3n) is 3.40. The number of piperidine rings is 1. The van der Waals surface area contributed by atoms with Gasteiger partial charge < -0.3 is 15.8 Å². The molecule has 1 amide bonds. The van der Waals surface area contributed by atoms with Crippen molar-refractivity contribution in [3.05, 3.63) is 33.3 Å². The number of nitrogens with two attached hydrogens (primary N) is 1. The molecule has 0 saturated carbocycles. The largest absolute Gasteiger partial charge is 0.409 e. The van der Waals surface area contributed by atoms with Crippen molar-refractivity contribution in [1.82, 2.24) is 4.90 Å². The Bertz CT molecular complexity index is 550. The van der Waals surface area contributed by atoms with Crippen LogP contribution in [0.2, 0.25) is 5.02 Å². The van der Waals surface area contributed by atoms with Gasteiger partial charge in [-0.25, -0.2) is 0 Å². The minimum atomic E-state index is -0.133. The molecule has 2 rings (SSSR count). The standard InChI is InChI=1S/C13H15BrClN3O2/c14-9-3-4-11(15)10(6-9)13(19)18-5-1-2-8(7-18)12(16)17-20/h3-4,6,8,20H,1-2,5,7H2,(H2,16,17). The van der Waals surface area contributed by atoms with Crippen LogP contribution in [0.5, 0.6) is 0 Å². The van der Waals surface area contributed by atoms with Gasteiger partial charge in [-0.2, -0.15) is 0 Å². The van der Waals surface area contributed by atoms with Crippen molar-refractivity contribution in [3.8, 4) is 0 Å². The Balaban J connectivity index is 2.18. The summed E-state index contributed by atoms with van der Waals surface area (Å²) in [4.78, 5) is 14.2. The van der Waals surface area contributed by atoms with Gasteiger partial charge in [0.1, 0.15) is 5.84 Å². The Labute approximate surface area is 130 Å². The number of likely N-dealkylation sites (tertiary alicyclic amines) is 1. The summed E-state index contributed by atoms with van der Waals surface area (Å²) in [6, 6.07) is 5.18. The van der Waals surface area contributed by atoms with Crippen molar-refractivity contribution in [2.75, 3.05) is 13.1 Å². The van der Waals surface area contributed by atoms with Crippen LogP contribution in [0.1, 0.15) is 23.2 Å². The topological polar surface area (TPSA) is 78.9 Å². The smallest absolute Gasteiger partial charge is 0.255 e. The van der Waals surface area contributed by atoms with E-state index in [4.69, 9.17) is 22.5 Å². The zero-order chi connectivity index (χ0) is 14.7. The molecule has 0 bridgehead atoms. The summed E-state index contributed by atoms with van der Waals surface area (Å²) in [5.41, 5.74) is 6.09. The fraction of sp³-hybridized carbons (Fsp3) is 0.385. The van der Waals surface area contributed by atoms with E-state index in [-0.39, 0.29) is 17.7 Å². The predicted octanol–water partition coefficient (Wildman–Crippen LogP) is 2.70. The average Bonchev–Trinajstić information content (AvgIpc) is 2.48. The van der Waals surface area contributed by atoms with E-state index in [9.17, 15) is 4.79 Å². The number of oxime groups is 1. The molecule has 108 valence electrons. The summed E-state index contributed by atoms with van der Waals surface area (Å²) in [5, 5.41) is 12.2. The molecular weight excluding hydrogens is 346 g/mol. The minimum absolute atomic E-state index is 0.108. The molecule has 0 aromatic heterocycles. The van der Waals surface area contributed by atoms with Crippen LogP contribution in [0.4, 0.5) is 0 Å². The zero-order valence-corrected chi connectivity index (χ0v) is 13.1. The number of amidine groups is 1. The van der Waals surface area contributed by atoms with E-state index >= 15 is 0 Å². The van der Waals surface area contributed by atoms with Crippen LogP contribution in [0.3, 0.4) is 0 Å². The monoisotopic (exact) mass is 359 g/mol. The maximum absolute atomic E-state index is 12.5. The van der Waals surface area contributed by atoms with Crippen LogP contribution >= 0.6 is 27.5 Å². The highest BCUT2D eigenvalue weighted by Crippen LogP contribution is 2.25. The Morgan fingerprint density at radius 3 is 3.00 bits per heavy atom. The lowest BCUT2D eigenvalue weighted by Gasteiger charge is -2.32. The molecule has 1 aromatic rings. The lowest BCUT2D eigenvalue weighted by Crippen LogP contribution is -2.44. The summed E-state index contributed by atoms with van der Waals surface area (Å²) in [7, 11) is 0. The van der Waals surface area contributed by atoms with Crippen LogP contribution in [-0.4, -0.2) is 34.9 Å². The Kier molecular flexibility index (Phi) is 4.88. The summed E-state index contributed by atoms with van der Waals surface area (Å²) in [6.45, 7) is 1.09. The van der Waals surface area contributed by atoms with Gasteiger partial charge in [-0.15, -0.1) is 0 Å². The van der Waals surface area contributed by atoms with Crippen molar-refractivity contribution in [2.24, 2.45) is 16.8 Å². The molecule has 3 N–H and O–H groups in total. The number of hydrogen-bond acceptors (Lipinski definition) is 3. The summed E-state index contributed by atoms with van der Waals surface area (Å²) >= 11 is 9.41. The molecule has 7 heteroatoms. The number of carbonyl (C=O) groups is 1. The molecule has 1 heterocycles. The fourth-order valence-electron chi connectivity index (χ4n) is 2.32. The molecular formula is C13H15BrClN3O2. The highest BCUT2D eigenvalue weighted by molar-refractivity contribution is 9.10. The number of benzene rings is 1. The fourth-order valence-corrected chi connectivity index (χ4v) is 2.88.